The van der Waals surface area contributed by atoms with Crippen molar-refractivity contribution in [1.29, 1.82) is 0 Å². The summed E-state index contributed by atoms with van der Waals surface area (Å²) in [5.74, 6) is 0.887. The van der Waals surface area contributed by atoms with Crippen molar-refractivity contribution in [2.24, 2.45) is 0 Å². The molecule has 2 unspecified atom stereocenters. The van der Waals surface area contributed by atoms with Gasteiger partial charge in [-0.2, -0.15) is 0 Å². The van der Waals surface area contributed by atoms with Crippen LogP contribution < -0.4 is 11.1 Å². The van der Waals surface area contributed by atoms with Gasteiger partial charge in [-0.3, -0.25) is 0 Å². The third-order valence-corrected chi connectivity index (χ3v) is 3.21. The van der Waals surface area contributed by atoms with Crippen LogP contribution in [0.4, 0.5) is 11.6 Å². The Bertz CT molecular complexity index is 382. The van der Waals surface area contributed by atoms with E-state index in [-0.39, 0.29) is 6.04 Å². The largest absolute Gasteiger partial charge is 0.382 e. The first kappa shape index (κ1) is 12.4. The number of nitrogens with two attached hydrogens (primary N) is 1. The first-order valence-corrected chi connectivity index (χ1v) is 6.18. The van der Waals surface area contributed by atoms with Crippen LogP contribution in [0.2, 0.25) is 5.02 Å². The molecule has 1 saturated heterocycles. The van der Waals surface area contributed by atoms with Crippen molar-refractivity contribution >= 4 is 23.2 Å². The summed E-state index contributed by atoms with van der Waals surface area (Å²) in [5.41, 5.74) is 5.61. The van der Waals surface area contributed by atoms with Gasteiger partial charge >= 0.3 is 0 Å². The fraction of sp³-hybridized carbons (Fsp3) is 0.636. The van der Waals surface area contributed by atoms with Gasteiger partial charge in [0.2, 0.25) is 0 Å². The number of aromatic nitrogens is 2. The Balaban J connectivity index is 1.93. The molecule has 1 aromatic rings. The molecule has 3 N–H and O–H groups in total. The molecule has 2 heterocycles. The SMILES string of the molecule is CC(CC1CCCO1)Nc1ncnc(N)c1Cl. The molecule has 2 atom stereocenters. The van der Waals surface area contributed by atoms with Gasteiger partial charge in [0.15, 0.2) is 5.82 Å². The van der Waals surface area contributed by atoms with Crippen molar-refractivity contribution in [1.82, 2.24) is 9.97 Å². The smallest absolute Gasteiger partial charge is 0.150 e. The van der Waals surface area contributed by atoms with Gasteiger partial charge < -0.3 is 15.8 Å². The average Bonchev–Trinajstić information content (AvgIpc) is 2.77. The Kier molecular flexibility index (Phi) is 4.02. The predicted octanol–water partition coefficient (Wildman–Crippen LogP) is 2.08. The molecular weight excluding hydrogens is 240 g/mol. The molecule has 0 amide bonds. The highest BCUT2D eigenvalue weighted by molar-refractivity contribution is 6.35. The van der Waals surface area contributed by atoms with E-state index in [9.17, 15) is 0 Å². The average molecular weight is 257 g/mol. The van der Waals surface area contributed by atoms with E-state index in [4.69, 9.17) is 22.1 Å². The summed E-state index contributed by atoms with van der Waals surface area (Å²) in [6.07, 6.45) is 4.97. The van der Waals surface area contributed by atoms with Gasteiger partial charge in [0.05, 0.1) is 6.10 Å². The summed E-state index contributed by atoms with van der Waals surface area (Å²) < 4.78 is 5.58. The second-order valence-electron chi connectivity index (χ2n) is 4.34. The summed E-state index contributed by atoms with van der Waals surface area (Å²) in [7, 11) is 0. The van der Waals surface area contributed by atoms with Gasteiger partial charge in [0.25, 0.3) is 0 Å². The van der Waals surface area contributed by atoms with Crippen LogP contribution in [0.3, 0.4) is 0 Å². The molecule has 0 spiro atoms. The van der Waals surface area contributed by atoms with E-state index in [2.05, 4.69) is 22.2 Å². The Hall–Kier alpha value is -1.07. The van der Waals surface area contributed by atoms with Crippen molar-refractivity contribution < 1.29 is 4.74 Å². The van der Waals surface area contributed by atoms with Crippen LogP contribution in [0.5, 0.6) is 0 Å². The maximum atomic E-state index is 6.01. The Labute approximate surface area is 106 Å². The topological polar surface area (TPSA) is 73.1 Å². The zero-order valence-corrected chi connectivity index (χ0v) is 10.6. The molecule has 1 aliphatic heterocycles. The summed E-state index contributed by atoms with van der Waals surface area (Å²) >= 11 is 6.01. The maximum Gasteiger partial charge on any atom is 0.150 e. The van der Waals surface area contributed by atoms with E-state index in [1.54, 1.807) is 0 Å². The van der Waals surface area contributed by atoms with Gasteiger partial charge in [-0.25, -0.2) is 9.97 Å². The monoisotopic (exact) mass is 256 g/mol. The Morgan fingerprint density at radius 1 is 1.65 bits per heavy atom. The molecule has 1 aliphatic rings. The van der Waals surface area contributed by atoms with E-state index < -0.39 is 0 Å². The number of nitrogens with one attached hydrogen (secondary N) is 1. The quantitative estimate of drug-likeness (QED) is 0.863. The zero-order chi connectivity index (χ0) is 12.3. The predicted molar refractivity (Wildman–Crippen MR) is 68.1 cm³/mol. The fourth-order valence-corrected chi connectivity index (χ4v) is 2.15. The van der Waals surface area contributed by atoms with Crippen LogP contribution in [0.15, 0.2) is 6.33 Å². The summed E-state index contributed by atoms with van der Waals surface area (Å²) in [6.45, 7) is 2.95. The van der Waals surface area contributed by atoms with Crippen LogP contribution in [-0.4, -0.2) is 28.7 Å². The number of rotatable bonds is 4. The third kappa shape index (κ3) is 3.20. The minimum absolute atomic E-state index is 0.241. The van der Waals surface area contributed by atoms with Gasteiger partial charge in [0.1, 0.15) is 17.2 Å². The van der Waals surface area contributed by atoms with E-state index in [1.165, 1.54) is 6.33 Å². The van der Waals surface area contributed by atoms with Crippen molar-refractivity contribution in [2.45, 2.75) is 38.3 Å². The van der Waals surface area contributed by atoms with E-state index >= 15 is 0 Å². The molecular formula is C11H17ClN4O. The molecule has 2 rings (SSSR count). The lowest BCUT2D eigenvalue weighted by molar-refractivity contribution is 0.101. The third-order valence-electron chi connectivity index (χ3n) is 2.84. The van der Waals surface area contributed by atoms with Crippen molar-refractivity contribution in [2.75, 3.05) is 17.7 Å². The highest BCUT2D eigenvalue weighted by Gasteiger charge is 2.19. The fourth-order valence-electron chi connectivity index (χ4n) is 2.00. The van der Waals surface area contributed by atoms with Crippen molar-refractivity contribution in [3.05, 3.63) is 11.3 Å². The molecule has 0 bridgehead atoms. The number of ether oxygens (including phenoxy) is 1. The van der Waals surface area contributed by atoms with Gasteiger partial charge in [-0.1, -0.05) is 11.6 Å². The lowest BCUT2D eigenvalue weighted by atomic mass is 10.1. The second-order valence-corrected chi connectivity index (χ2v) is 4.72. The summed E-state index contributed by atoms with van der Waals surface area (Å²) in [4.78, 5) is 7.90. The molecule has 0 aromatic carbocycles. The lowest BCUT2D eigenvalue weighted by Crippen LogP contribution is -2.23. The number of nitrogen functional groups attached to an aromatic ring is 1. The maximum absolute atomic E-state index is 6.01. The molecule has 0 radical (unpaired) electrons. The number of halogens is 1. The molecule has 94 valence electrons. The molecule has 0 aliphatic carbocycles. The Morgan fingerprint density at radius 3 is 3.18 bits per heavy atom. The molecule has 0 saturated carbocycles. The van der Waals surface area contributed by atoms with E-state index in [0.717, 1.165) is 25.9 Å². The zero-order valence-electron chi connectivity index (χ0n) is 9.82. The first-order valence-electron chi connectivity index (χ1n) is 5.81. The van der Waals surface area contributed by atoms with Gasteiger partial charge in [-0.15, -0.1) is 0 Å². The summed E-state index contributed by atoms with van der Waals surface area (Å²) in [6, 6.07) is 0.241. The van der Waals surface area contributed by atoms with Crippen LogP contribution in [0.1, 0.15) is 26.2 Å². The minimum atomic E-state index is 0.241. The van der Waals surface area contributed by atoms with Crippen LogP contribution in [0, 0.1) is 0 Å². The molecule has 17 heavy (non-hydrogen) atoms. The summed E-state index contributed by atoms with van der Waals surface area (Å²) in [5, 5.41) is 3.62. The molecule has 1 fully saturated rings. The highest BCUT2D eigenvalue weighted by Crippen LogP contribution is 2.25. The van der Waals surface area contributed by atoms with Crippen molar-refractivity contribution in [3.8, 4) is 0 Å². The highest BCUT2D eigenvalue weighted by atomic mass is 35.5. The molecule has 6 heteroatoms. The minimum Gasteiger partial charge on any atom is -0.382 e. The van der Waals surface area contributed by atoms with E-state index in [0.29, 0.717) is 22.8 Å². The van der Waals surface area contributed by atoms with Crippen LogP contribution >= 0.6 is 11.6 Å². The van der Waals surface area contributed by atoms with Crippen molar-refractivity contribution in [3.63, 3.8) is 0 Å². The lowest BCUT2D eigenvalue weighted by Gasteiger charge is -2.18. The molecule has 1 aromatic heterocycles. The number of hydrogen-bond acceptors (Lipinski definition) is 5. The standard InChI is InChI=1S/C11H17ClN4O/c1-7(5-8-3-2-4-17-8)16-11-9(12)10(13)14-6-15-11/h6-8H,2-5H2,1H3,(H3,13,14,15,16). The number of hydrogen-bond donors (Lipinski definition) is 2. The Morgan fingerprint density at radius 2 is 2.47 bits per heavy atom. The second kappa shape index (κ2) is 5.51. The first-order chi connectivity index (χ1) is 8.16. The van der Waals surface area contributed by atoms with Crippen LogP contribution in [0.25, 0.3) is 0 Å². The number of anilines is 2. The van der Waals surface area contributed by atoms with Gasteiger partial charge in [-0.05, 0) is 26.2 Å². The van der Waals surface area contributed by atoms with E-state index in [1.807, 2.05) is 0 Å². The molecule has 5 nitrogen and oxygen atoms in total. The normalized spacial score (nSPS) is 21.4. The van der Waals surface area contributed by atoms with Gasteiger partial charge in [0, 0.05) is 12.6 Å². The van der Waals surface area contributed by atoms with Crippen LogP contribution in [-0.2, 0) is 4.74 Å². The number of nitrogens with zero attached hydrogens (tertiary/aromatic N) is 2.